The van der Waals surface area contributed by atoms with E-state index in [9.17, 15) is 5.26 Å². The molecule has 2 heterocycles. The molecule has 0 radical (unpaired) electrons. The van der Waals surface area contributed by atoms with Crippen molar-refractivity contribution >= 4 is 17.6 Å². The first kappa shape index (κ1) is 20.4. The van der Waals surface area contributed by atoms with Crippen LogP contribution in [0.2, 0.25) is 0 Å². The molecule has 1 aliphatic rings. The minimum Gasteiger partial charge on any atom is -0.497 e. The molecule has 2 aromatic carbocycles. The highest BCUT2D eigenvalue weighted by Crippen LogP contribution is 2.30. The summed E-state index contributed by atoms with van der Waals surface area (Å²) in [7, 11) is 3.18. The van der Waals surface area contributed by atoms with Crippen LogP contribution < -0.4 is 14.4 Å². The van der Waals surface area contributed by atoms with Crippen LogP contribution in [0.1, 0.15) is 11.4 Å². The lowest BCUT2D eigenvalue weighted by atomic mass is 10.1. The Morgan fingerprint density at radius 1 is 1.06 bits per heavy atom. The van der Waals surface area contributed by atoms with Crippen LogP contribution in [0.15, 0.2) is 48.5 Å². The van der Waals surface area contributed by atoms with Crippen LogP contribution in [0.4, 0.5) is 5.95 Å². The predicted octanol–water partition coefficient (Wildman–Crippen LogP) is 3.19. The van der Waals surface area contributed by atoms with Gasteiger partial charge in [-0.15, -0.1) is 10.2 Å². The topological polar surface area (TPSA) is 85.4 Å². The van der Waals surface area contributed by atoms with E-state index in [-0.39, 0.29) is 0 Å². The molecule has 4 rings (SSSR count). The van der Waals surface area contributed by atoms with Crippen molar-refractivity contribution in [2.45, 2.75) is 0 Å². The highest BCUT2D eigenvalue weighted by molar-refractivity contribution is 5.89. The standard InChI is InChI=1S/C23H23N5O3/c1-29-20-9-8-17(21(15-20)30-2)14-18(16-24)22-25-26-23(27-10-12-31-13-11-27)28(22)19-6-4-3-5-7-19/h3-9,14-15H,10-13H2,1-2H3/b18-14+. The van der Waals surface area contributed by atoms with E-state index in [1.807, 2.05) is 47.0 Å². The second kappa shape index (κ2) is 9.32. The molecule has 3 aromatic rings. The first-order valence-electron chi connectivity index (χ1n) is 9.93. The number of morpholine rings is 1. The van der Waals surface area contributed by atoms with Gasteiger partial charge in [-0.05, 0) is 30.3 Å². The minimum atomic E-state index is 0.374. The number of anilines is 1. The van der Waals surface area contributed by atoms with E-state index in [2.05, 4.69) is 21.2 Å². The summed E-state index contributed by atoms with van der Waals surface area (Å²) in [5.41, 5.74) is 2.00. The van der Waals surface area contributed by atoms with Crippen LogP contribution in [0, 0.1) is 11.3 Å². The lowest BCUT2D eigenvalue weighted by molar-refractivity contribution is 0.122. The van der Waals surface area contributed by atoms with Gasteiger partial charge in [0.1, 0.15) is 17.6 Å². The average Bonchev–Trinajstić information content (AvgIpc) is 3.28. The Morgan fingerprint density at radius 2 is 1.84 bits per heavy atom. The molecule has 0 saturated carbocycles. The Hall–Kier alpha value is -3.83. The van der Waals surface area contributed by atoms with Gasteiger partial charge in [0.25, 0.3) is 0 Å². The first-order chi connectivity index (χ1) is 15.2. The van der Waals surface area contributed by atoms with Gasteiger partial charge in [-0.25, -0.2) is 0 Å². The zero-order valence-electron chi connectivity index (χ0n) is 17.5. The maximum atomic E-state index is 10.00. The monoisotopic (exact) mass is 417 g/mol. The summed E-state index contributed by atoms with van der Waals surface area (Å²) in [6.07, 6.45) is 1.75. The average molecular weight is 417 g/mol. The Kier molecular flexibility index (Phi) is 6.15. The van der Waals surface area contributed by atoms with Gasteiger partial charge in [0, 0.05) is 24.7 Å². The number of hydrogen-bond donors (Lipinski definition) is 0. The van der Waals surface area contributed by atoms with Gasteiger partial charge < -0.3 is 19.1 Å². The number of methoxy groups -OCH3 is 2. The molecule has 1 aliphatic heterocycles. The molecule has 0 atom stereocenters. The number of para-hydroxylation sites is 1. The molecule has 1 aromatic heterocycles. The Labute approximate surface area is 180 Å². The van der Waals surface area contributed by atoms with Gasteiger partial charge in [0.15, 0.2) is 5.82 Å². The van der Waals surface area contributed by atoms with Crippen molar-refractivity contribution in [2.75, 3.05) is 45.4 Å². The molecule has 8 nitrogen and oxygen atoms in total. The van der Waals surface area contributed by atoms with Crippen molar-refractivity contribution in [1.82, 2.24) is 14.8 Å². The molecular weight excluding hydrogens is 394 g/mol. The van der Waals surface area contributed by atoms with Crippen LogP contribution in [0.25, 0.3) is 17.3 Å². The molecule has 8 heteroatoms. The molecule has 0 amide bonds. The summed E-state index contributed by atoms with van der Waals surface area (Å²) < 4.78 is 18.1. The van der Waals surface area contributed by atoms with Crippen molar-refractivity contribution in [1.29, 1.82) is 5.26 Å². The SMILES string of the molecule is COc1ccc(/C=C(\C#N)c2nnc(N3CCOCC3)n2-c2ccccc2)c(OC)c1. The molecular formula is C23H23N5O3. The largest absolute Gasteiger partial charge is 0.497 e. The molecule has 0 spiro atoms. The summed E-state index contributed by atoms with van der Waals surface area (Å²) >= 11 is 0. The minimum absolute atomic E-state index is 0.374. The fourth-order valence-electron chi connectivity index (χ4n) is 3.47. The highest BCUT2D eigenvalue weighted by atomic mass is 16.5. The van der Waals surface area contributed by atoms with Crippen LogP contribution in [-0.2, 0) is 4.74 Å². The molecule has 158 valence electrons. The summed E-state index contributed by atoms with van der Waals surface area (Å²) in [5, 5.41) is 18.8. The quantitative estimate of drug-likeness (QED) is 0.570. The van der Waals surface area contributed by atoms with E-state index in [1.54, 1.807) is 26.4 Å². The molecule has 31 heavy (non-hydrogen) atoms. The van der Waals surface area contributed by atoms with Crippen molar-refractivity contribution in [3.63, 3.8) is 0 Å². The summed E-state index contributed by atoms with van der Waals surface area (Å²) in [5.74, 6) is 2.43. The van der Waals surface area contributed by atoms with E-state index < -0.39 is 0 Å². The van der Waals surface area contributed by atoms with E-state index in [0.29, 0.717) is 55.1 Å². The van der Waals surface area contributed by atoms with Crippen LogP contribution in [0.5, 0.6) is 11.5 Å². The highest BCUT2D eigenvalue weighted by Gasteiger charge is 2.23. The summed E-state index contributed by atoms with van der Waals surface area (Å²) in [6, 6.07) is 17.5. The van der Waals surface area contributed by atoms with Gasteiger partial charge in [-0.3, -0.25) is 4.57 Å². The number of allylic oxidation sites excluding steroid dienone is 1. The number of hydrogen-bond acceptors (Lipinski definition) is 7. The number of nitrogens with zero attached hydrogens (tertiary/aromatic N) is 5. The van der Waals surface area contributed by atoms with E-state index in [4.69, 9.17) is 14.2 Å². The zero-order chi connectivity index (χ0) is 21.6. The molecule has 0 bridgehead atoms. The van der Waals surface area contributed by atoms with E-state index in [0.717, 1.165) is 11.3 Å². The predicted molar refractivity (Wildman–Crippen MR) is 117 cm³/mol. The van der Waals surface area contributed by atoms with Crippen LogP contribution >= 0.6 is 0 Å². The molecule has 0 aliphatic carbocycles. The third kappa shape index (κ3) is 4.22. The van der Waals surface area contributed by atoms with Crippen LogP contribution in [-0.4, -0.2) is 55.3 Å². The normalized spacial score (nSPS) is 14.2. The fourth-order valence-corrected chi connectivity index (χ4v) is 3.47. The molecule has 0 unspecified atom stereocenters. The number of ether oxygens (including phenoxy) is 3. The lowest BCUT2D eigenvalue weighted by Gasteiger charge is -2.28. The summed E-state index contributed by atoms with van der Waals surface area (Å²) in [6.45, 7) is 2.67. The second-order valence-electron chi connectivity index (χ2n) is 6.87. The van der Waals surface area contributed by atoms with Crippen molar-refractivity contribution in [3.05, 3.63) is 59.9 Å². The number of nitriles is 1. The van der Waals surface area contributed by atoms with Gasteiger partial charge >= 0.3 is 0 Å². The maximum Gasteiger partial charge on any atom is 0.232 e. The smallest absolute Gasteiger partial charge is 0.232 e. The van der Waals surface area contributed by atoms with Crippen molar-refractivity contribution < 1.29 is 14.2 Å². The first-order valence-corrected chi connectivity index (χ1v) is 9.93. The third-order valence-electron chi connectivity index (χ3n) is 5.06. The Morgan fingerprint density at radius 3 is 2.52 bits per heavy atom. The molecule has 1 fully saturated rings. The second-order valence-corrected chi connectivity index (χ2v) is 6.87. The van der Waals surface area contributed by atoms with Gasteiger partial charge in [0.05, 0.1) is 38.7 Å². The van der Waals surface area contributed by atoms with Gasteiger partial charge in [0.2, 0.25) is 5.95 Å². The van der Waals surface area contributed by atoms with Gasteiger partial charge in [-0.1, -0.05) is 18.2 Å². The Bertz CT molecular complexity index is 1110. The number of rotatable bonds is 6. The van der Waals surface area contributed by atoms with Crippen molar-refractivity contribution in [2.24, 2.45) is 0 Å². The van der Waals surface area contributed by atoms with Crippen molar-refractivity contribution in [3.8, 4) is 23.3 Å². The van der Waals surface area contributed by atoms with Gasteiger partial charge in [-0.2, -0.15) is 5.26 Å². The fraction of sp³-hybridized carbons (Fsp3) is 0.261. The zero-order valence-corrected chi connectivity index (χ0v) is 17.5. The number of benzene rings is 2. The van der Waals surface area contributed by atoms with E-state index >= 15 is 0 Å². The molecule has 1 saturated heterocycles. The number of aromatic nitrogens is 3. The third-order valence-corrected chi connectivity index (χ3v) is 5.06. The lowest BCUT2D eigenvalue weighted by Crippen LogP contribution is -2.38. The summed E-state index contributed by atoms with van der Waals surface area (Å²) in [4.78, 5) is 2.12. The van der Waals surface area contributed by atoms with E-state index in [1.165, 1.54) is 0 Å². The molecule has 0 N–H and O–H groups in total. The maximum absolute atomic E-state index is 10.00. The Balaban J connectivity index is 1.84. The van der Waals surface area contributed by atoms with Crippen LogP contribution in [0.3, 0.4) is 0 Å².